The SMILES string of the molecule is CCCNc1cc(SCCCOC)ncn1. The fraction of sp³-hybridized carbons (Fsp3) is 0.636. The summed E-state index contributed by atoms with van der Waals surface area (Å²) in [6, 6.07) is 1.99. The van der Waals surface area contributed by atoms with Crippen molar-refractivity contribution in [1.29, 1.82) is 0 Å². The van der Waals surface area contributed by atoms with Gasteiger partial charge in [0.2, 0.25) is 0 Å². The molecule has 0 fully saturated rings. The van der Waals surface area contributed by atoms with Crippen LogP contribution in [0.1, 0.15) is 19.8 Å². The molecule has 1 heterocycles. The molecule has 0 amide bonds. The average molecular weight is 241 g/mol. The van der Waals surface area contributed by atoms with Crippen molar-refractivity contribution in [3.63, 3.8) is 0 Å². The zero-order valence-electron chi connectivity index (χ0n) is 9.90. The van der Waals surface area contributed by atoms with Gasteiger partial charge in [-0.1, -0.05) is 6.92 Å². The highest BCUT2D eigenvalue weighted by atomic mass is 32.2. The minimum absolute atomic E-state index is 0.805. The summed E-state index contributed by atoms with van der Waals surface area (Å²) in [6.07, 6.45) is 3.75. The first-order chi connectivity index (χ1) is 7.86. The predicted octanol–water partition coefficient (Wildman–Crippen LogP) is 2.43. The Morgan fingerprint density at radius 2 is 2.31 bits per heavy atom. The van der Waals surface area contributed by atoms with Gasteiger partial charge in [0.25, 0.3) is 0 Å². The van der Waals surface area contributed by atoms with Crippen LogP contribution in [-0.4, -0.2) is 36.0 Å². The second-order valence-corrected chi connectivity index (χ2v) is 4.48. The number of anilines is 1. The van der Waals surface area contributed by atoms with E-state index in [1.54, 1.807) is 25.2 Å². The highest BCUT2D eigenvalue weighted by Gasteiger charge is 1.98. The van der Waals surface area contributed by atoms with Gasteiger partial charge in [0.15, 0.2) is 0 Å². The Balaban J connectivity index is 2.35. The number of nitrogens with zero attached hydrogens (tertiary/aromatic N) is 2. The van der Waals surface area contributed by atoms with E-state index in [-0.39, 0.29) is 0 Å². The molecule has 4 nitrogen and oxygen atoms in total. The van der Waals surface area contributed by atoms with Crippen LogP contribution in [-0.2, 0) is 4.74 Å². The Labute approximate surface area is 101 Å². The first kappa shape index (κ1) is 13.3. The largest absolute Gasteiger partial charge is 0.385 e. The second-order valence-electron chi connectivity index (χ2n) is 3.36. The molecule has 0 bridgehead atoms. The van der Waals surface area contributed by atoms with Crippen molar-refractivity contribution < 1.29 is 4.74 Å². The maximum atomic E-state index is 5.00. The fourth-order valence-corrected chi connectivity index (χ4v) is 1.94. The van der Waals surface area contributed by atoms with E-state index in [0.29, 0.717) is 0 Å². The Kier molecular flexibility index (Phi) is 6.92. The van der Waals surface area contributed by atoms with Crippen LogP contribution in [0.15, 0.2) is 17.4 Å². The molecule has 1 rings (SSSR count). The number of ether oxygens (including phenoxy) is 1. The van der Waals surface area contributed by atoms with Crippen LogP contribution >= 0.6 is 11.8 Å². The molecule has 0 radical (unpaired) electrons. The zero-order chi connectivity index (χ0) is 11.6. The summed E-state index contributed by atoms with van der Waals surface area (Å²) >= 11 is 1.74. The monoisotopic (exact) mass is 241 g/mol. The van der Waals surface area contributed by atoms with Gasteiger partial charge in [-0.2, -0.15) is 0 Å². The van der Waals surface area contributed by atoms with Crippen LogP contribution in [0.5, 0.6) is 0 Å². The van der Waals surface area contributed by atoms with Crippen molar-refractivity contribution >= 4 is 17.6 Å². The Morgan fingerprint density at radius 3 is 3.06 bits per heavy atom. The smallest absolute Gasteiger partial charge is 0.130 e. The number of rotatable bonds is 8. The fourth-order valence-electron chi connectivity index (χ4n) is 1.15. The third kappa shape index (κ3) is 5.32. The second kappa shape index (κ2) is 8.35. The summed E-state index contributed by atoms with van der Waals surface area (Å²) in [5.74, 6) is 1.93. The lowest BCUT2D eigenvalue weighted by molar-refractivity contribution is 0.200. The summed E-state index contributed by atoms with van der Waals surface area (Å²) in [5, 5.41) is 4.27. The average Bonchev–Trinajstić information content (AvgIpc) is 2.33. The number of hydrogen-bond donors (Lipinski definition) is 1. The van der Waals surface area contributed by atoms with Crippen molar-refractivity contribution in [2.24, 2.45) is 0 Å². The van der Waals surface area contributed by atoms with Crippen molar-refractivity contribution in [1.82, 2.24) is 9.97 Å². The van der Waals surface area contributed by atoms with Gasteiger partial charge >= 0.3 is 0 Å². The van der Waals surface area contributed by atoms with E-state index in [1.165, 1.54) is 0 Å². The molecule has 90 valence electrons. The summed E-state index contributed by atoms with van der Waals surface area (Å²) < 4.78 is 5.00. The molecule has 0 saturated heterocycles. The van der Waals surface area contributed by atoms with Gasteiger partial charge in [0.1, 0.15) is 17.2 Å². The Hall–Kier alpha value is -0.810. The molecule has 0 atom stereocenters. The van der Waals surface area contributed by atoms with E-state index in [4.69, 9.17) is 4.74 Å². The number of nitrogens with one attached hydrogen (secondary N) is 1. The van der Waals surface area contributed by atoms with Crippen molar-refractivity contribution in [3.05, 3.63) is 12.4 Å². The maximum Gasteiger partial charge on any atom is 0.130 e. The normalized spacial score (nSPS) is 10.4. The first-order valence-electron chi connectivity index (χ1n) is 5.54. The van der Waals surface area contributed by atoms with E-state index >= 15 is 0 Å². The standard InChI is InChI=1S/C11H19N3OS/c1-3-5-12-10-8-11(14-9-13-10)16-7-4-6-15-2/h8-9H,3-7H2,1-2H3,(H,12,13,14). The summed E-state index contributed by atoms with van der Waals surface area (Å²) in [4.78, 5) is 8.38. The van der Waals surface area contributed by atoms with Crippen LogP contribution < -0.4 is 5.32 Å². The number of thioether (sulfide) groups is 1. The number of aromatic nitrogens is 2. The molecule has 0 saturated carbocycles. The molecular weight excluding hydrogens is 222 g/mol. The first-order valence-corrected chi connectivity index (χ1v) is 6.53. The van der Waals surface area contributed by atoms with Crippen molar-refractivity contribution in [2.45, 2.75) is 24.8 Å². The van der Waals surface area contributed by atoms with E-state index < -0.39 is 0 Å². The lowest BCUT2D eigenvalue weighted by Crippen LogP contribution is -2.02. The van der Waals surface area contributed by atoms with Crippen LogP contribution in [0.25, 0.3) is 0 Å². The molecule has 1 N–H and O–H groups in total. The summed E-state index contributed by atoms with van der Waals surface area (Å²) in [6.45, 7) is 3.89. The predicted molar refractivity (Wildman–Crippen MR) is 68.0 cm³/mol. The summed E-state index contributed by atoms with van der Waals surface area (Å²) in [7, 11) is 1.72. The Morgan fingerprint density at radius 1 is 1.44 bits per heavy atom. The highest BCUT2D eigenvalue weighted by molar-refractivity contribution is 7.99. The van der Waals surface area contributed by atoms with Crippen molar-refractivity contribution in [3.8, 4) is 0 Å². The lowest BCUT2D eigenvalue weighted by Gasteiger charge is -2.05. The minimum atomic E-state index is 0.805. The van der Waals surface area contributed by atoms with E-state index in [0.717, 1.165) is 42.6 Å². The molecule has 0 aliphatic rings. The molecule has 5 heteroatoms. The van der Waals surface area contributed by atoms with Gasteiger partial charge in [-0.3, -0.25) is 0 Å². The molecule has 0 aliphatic heterocycles. The third-order valence-corrected chi connectivity index (χ3v) is 2.95. The molecule has 0 aliphatic carbocycles. The molecule has 1 aromatic rings. The topological polar surface area (TPSA) is 47.0 Å². The molecule has 1 aromatic heterocycles. The van der Waals surface area contributed by atoms with Gasteiger partial charge in [-0.25, -0.2) is 9.97 Å². The van der Waals surface area contributed by atoms with Crippen LogP contribution in [0.2, 0.25) is 0 Å². The number of methoxy groups -OCH3 is 1. The van der Waals surface area contributed by atoms with Gasteiger partial charge in [-0.15, -0.1) is 11.8 Å². The van der Waals surface area contributed by atoms with E-state index in [1.807, 2.05) is 6.07 Å². The zero-order valence-corrected chi connectivity index (χ0v) is 10.7. The van der Waals surface area contributed by atoms with Crippen LogP contribution in [0.3, 0.4) is 0 Å². The van der Waals surface area contributed by atoms with Crippen molar-refractivity contribution in [2.75, 3.05) is 31.3 Å². The molecular formula is C11H19N3OS. The van der Waals surface area contributed by atoms with Gasteiger partial charge in [-0.05, 0) is 12.8 Å². The maximum absolute atomic E-state index is 5.00. The molecule has 0 aromatic carbocycles. The third-order valence-electron chi connectivity index (χ3n) is 1.94. The van der Waals surface area contributed by atoms with Crippen LogP contribution in [0, 0.1) is 0 Å². The van der Waals surface area contributed by atoms with E-state index in [9.17, 15) is 0 Å². The molecule has 0 unspecified atom stereocenters. The van der Waals surface area contributed by atoms with Crippen LogP contribution in [0.4, 0.5) is 5.82 Å². The molecule has 16 heavy (non-hydrogen) atoms. The quantitative estimate of drug-likeness (QED) is 0.430. The molecule has 0 spiro atoms. The number of hydrogen-bond acceptors (Lipinski definition) is 5. The van der Waals surface area contributed by atoms with Gasteiger partial charge in [0, 0.05) is 32.1 Å². The van der Waals surface area contributed by atoms with E-state index in [2.05, 4.69) is 22.2 Å². The minimum Gasteiger partial charge on any atom is -0.385 e. The Bertz CT molecular complexity index is 296. The van der Waals surface area contributed by atoms with Gasteiger partial charge < -0.3 is 10.1 Å². The lowest BCUT2D eigenvalue weighted by atomic mass is 10.4. The van der Waals surface area contributed by atoms with Gasteiger partial charge in [0.05, 0.1) is 0 Å². The summed E-state index contributed by atoms with van der Waals surface area (Å²) in [5.41, 5.74) is 0. The highest BCUT2D eigenvalue weighted by Crippen LogP contribution is 2.17.